The van der Waals surface area contributed by atoms with E-state index in [1.807, 2.05) is 0 Å². The van der Waals surface area contributed by atoms with Crippen molar-refractivity contribution in [1.82, 2.24) is 0 Å². The van der Waals surface area contributed by atoms with Gasteiger partial charge < -0.3 is 5.11 Å². The Morgan fingerprint density at radius 3 is 2.62 bits per heavy atom. The van der Waals surface area contributed by atoms with Crippen LogP contribution in [0.25, 0.3) is 0 Å². The SMILES string of the molecule is Cc1ccc(C(=O)C(C)Cl)cc1O. The topological polar surface area (TPSA) is 37.3 Å². The van der Waals surface area contributed by atoms with Gasteiger partial charge in [-0.05, 0) is 25.5 Å². The number of phenols is 1. The van der Waals surface area contributed by atoms with E-state index in [4.69, 9.17) is 11.6 Å². The minimum absolute atomic E-state index is 0.128. The van der Waals surface area contributed by atoms with Gasteiger partial charge in [-0.1, -0.05) is 12.1 Å². The maximum Gasteiger partial charge on any atom is 0.180 e. The van der Waals surface area contributed by atoms with Crippen LogP contribution in [0, 0.1) is 6.92 Å². The summed E-state index contributed by atoms with van der Waals surface area (Å²) < 4.78 is 0. The van der Waals surface area contributed by atoms with E-state index in [-0.39, 0.29) is 11.5 Å². The second kappa shape index (κ2) is 3.79. The summed E-state index contributed by atoms with van der Waals surface area (Å²) >= 11 is 5.62. The van der Waals surface area contributed by atoms with Gasteiger partial charge in [0.05, 0.1) is 5.38 Å². The van der Waals surface area contributed by atoms with Crippen LogP contribution in [0.3, 0.4) is 0 Å². The van der Waals surface area contributed by atoms with Gasteiger partial charge in [0, 0.05) is 5.56 Å². The summed E-state index contributed by atoms with van der Waals surface area (Å²) in [7, 11) is 0. The normalized spacial score (nSPS) is 12.5. The lowest BCUT2D eigenvalue weighted by Gasteiger charge is -2.04. The Morgan fingerprint density at radius 2 is 2.15 bits per heavy atom. The van der Waals surface area contributed by atoms with E-state index in [0.717, 1.165) is 5.56 Å². The highest BCUT2D eigenvalue weighted by Gasteiger charge is 2.12. The summed E-state index contributed by atoms with van der Waals surface area (Å²) in [6.07, 6.45) is 0. The minimum Gasteiger partial charge on any atom is -0.508 e. The average Bonchev–Trinajstić information content (AvgIpc) is 2.08. The highest BCUT2D eigenvalue weighted by atomic mass is 35.5. The highest BCUT2D eigenvalue weighted by molar-refractivity contribution is 6.33. The predicted molar refractivity (Wildman–Crippen MR) is 52.5 cm³/mol. The Morgan fingerprint density at radius 1 is 1.54 bits per heavy atom. The number of benzene rings is 1. The molecule has 1 rings (SSSR count). The zero-order valence-electron chi connectivity index (χ0n) is 7.54. The number of aryl methyl sites for hydroxylation is 1. The van der Waals surface area contributed by atoms with Crippen LogP contribution in [0.4, 0.5) is 0 Å². The molecule has 1 unspecified atom stereocenters. The van der Waals surface area contributed by atoms with Gasteiger partial charge >= 0.3 is 0 Å². The van der Waals surface area contributed by atoms with E-state index in [1.54, 1.807) is 26.0 Å². The van der Waals surface area contributed by atoms with Gasteiger partial charge in [0.2, 0.25) is 0 Å². The van der Waals surface area contributed by atoms with Crippen molar-refractivity contribution in [1.29, 1.82) is 0 Å². The molecule has 0 amide bonds. The van der Waals surface area contributed by atoms with Crippen LogP contribution in [0.2, 0.25) is 0 Å². The predicted octanol–water partition coefficient (Wildman–Crippen LogP) is 2.51. The Labute approximate surface area is 82.2 Å². The van der Waals surface area contributed by atoms with E-state index >= 15 is 0 Å². The van der Waals surface area contributed by atoms with Gasteiger partial charge in [-0.3, -0.25) is 4.79 Å². The number of alkyl halides is 1. The zero-order chi connectivity index (χ0) is 10.0. The highest BCUT2D eigenvalue weighted by Crippen LogP contribution is 2.19. The number of Topliss-reactive ketones (excluding diaryl/α,β-unsaturated/α-hetero) is 1. The van der Waals surface area contributed by atoms with Gasteiger partial charge in [0.1, 0.15) is 5.75 Å². The number of ketones is 1. The molecule has 1 aromatic rings. The van der Waals surface area contributed by atoms with Gasteiger partial charge in [0.25, 0.3) is 0 Å². The fourth-order valence-corrected chi connectivity index (χ4v) is 1.12. The molecular weight excluding hydrogens is 188 g/mol. The number of carbonyl (C=O) groups excluding carboxylic acids is 1. The van der Waals surface area contributed by atoms with E-state index in [9.17, 15) is 9.90 Å². The average molecular weight is 199 g/mol. The Kier molecular flexibility index (Phi) is 2.94. The fraction of sp³-hybridized carbons (Fsp3) is 0.300. The molecule has 3 heteroatoms. The van der Waals surface area contributed by atoms with Crippen LogP contribution in [-0.4, -0.2) is 16.3 Å². The smallest absolute Gasteiger partial charge is 0.180 e. The van der Waals surface area contributed by atoms with Crippen LogP contribution in [-0.2, 0) is 0 Å². The van der Waals surface area contributed by atoms with Gasteiger partial charge in [-0.15, -0.1) is 11.6 Å². The summed E-state index contributed by atoms with van der Waals surface area (Å²) in [5.41, 5.74) is 1.20. The minimum atomic E-state index is -0.554. The standard InChI is InChI=1S/C10H11ClO2/c1-6-3-4-8(5-9(6)12)10(13)7(2)11/h3-5,7,12H,1-2H3. The number of hydrogen-bond donors (Lipinski definition) is 1. The van der Waals surface area contributed by atoms with E-state index in [1.165, 1.54) is 6.07 Å². The molecule has 1 N–H and O–H groups in total. The van der Waals surface area contributed by atoms with E-state index < -0.39 is 5.38 Å². The second-order valence-electron chi connectivity index (χ2n) is 2.98. The van der Waals surface area contributed by atoms with Crippen LogP contribution >= 0.6 is 11.6 Å². The Bertz CT molecular complexity index is 332. The third-order valence-corrected chi connectivity index (χ3v) is 2.05. The van der Waals surface area contributed by atoms with Crippen molar-refractivity contribution in [2.45, 2.75) is 19.2 Å². The van der Waals surface area contributed by atoms with Gasteiger partial charge in [-0.2, -0.15) is 0 Å². The summed E-state index contributed by atoms with van der Waals surface area (Å²) in [4.78, 5) is 11.4. The molecule has 1 atom stereocenters. The number of halogens is 1. The molecule has 2 nitrogen and oxygen atoms in total. The summed E-state index contributed by atoms with van der Waals surface area (Å²) in [6, 6.07) is 4.80. The Hall–Kier alpha value is -1.02. The molecule has 0 saturated heterocycles. The monoisotopic (exact) mass is 198 g/mol. The van der Waals surface area contributed by atoms with Crippen molar-refractivity contribution in [3.8, 4) is 5.75 Å². The first-order chi connectivity index (χ1) is 6.02. The third-order valence-electron chi connectivity index (χ3n) is 1.85. The molecule has 0 fully saturated rings. The molecule has 0 spiro atoms. The maximum atomic E-state index is 11.4. The first-order valence-corrected chi connectivity index (χ1v) is 4.44. The molecule has 70 valence electrons. The molecular formula is C10H11ClO2. The summed E-state index contributed by atoms with van der Waals surface area (Å²) in [5, 5.41) is 8.78. The summed E-state index contributed by atoms with van der Waals surface area (Å²) in [5.74, 6) is -0.0415. The first-order valence-electron chi connectivity index (χ1n) is 4.00. The molecule has 0 aliphatic rings. The van der Waals surface area contributed by atoms with Crippen LogP contribution in [0.1, 0.15) is 22.8 Å². The molecule has 0 bridgehead atoms. The number of rotatable bonds is 2. The summed E-state index contributed by atoms with van der Waals surface area (Å²) in [6.45, 7) is 3.38. The first kappa shape index (κ1) is 10.1. The lowest BCUT2D eigenvalue weighted by molar-refractivity contribution is 0.0991. The molecule has 1 aromatic carbocycles. The second-order valence-corrected chi connectivity index (χ2v) is 3.64. The fourth-order valence-electron chi connectivity index (χ4n) is 0.992. The zero-order valence-corrected chi connectivity index (χ0v) is 8.30. The third kappa shape index (κ3) is 2.22. The van der Waals surface area contributed by atoms with E-state index in [0.29, 0.717) is 5.56 Å². The molecule has 0 radical (unpaired) electrons. The van der Waals surface area contributed by atoms with Crippen molar-refractivity contribution < 1.29 is 9.90 Å². The van der Waals surface area contributed by atoms with Crippen molar-refractivity contribution >= 4 is 17.4 Å². The van der Waals surface area contributed by atoms with Crippen molar-refractivity contribution in [3.05, 3.63) is 29.3 Å². The Balaban J connectivity index is 3.04. The number of phenolic OH excluding ortho intramolecular Hbond substituents is 1. The lowest BCUT2D eigenvalue weighted by Crippen LogP contribution is -2.10. The number of carbonyl (C=O) groups is 1. The molecule has 0 aromatic heterocycles. The lowest BCUT2D eigenvalue weighted by atomic mass is 10.1. The molecule has 0 aliphatic heterocycles. The largest absolute Gasteiger partial charge is 0.508 e. The van der Waals surface area contributed by atoms with E-state index in [2.05, 4.69) is 0 Å². The quantitative estimate of drug-likeness (QED) is 0.586. The van der Waals surface area contributed by atoms with Crippen LogP contribution in [0.5, 0.6) is 5.75 Å². The van der Waals surface area contributed by atoms with Gasteiger partial charge in [0.15, 0.2) is 5.78 Å². The van der Waals surface area contributed by atoms with Crippen LogP contribution < -0.4 is 0 Å². The number of hydrogen-bond acceptors (Lipinski definition) is 2. The van der Waals surface area contributed by atoms with Crippen LogP contribution in [0.15, 0.2) is 18.2 Å². The van der Waals surface area contributed by atoms with Crippen molar-refractivity contribution in [2.75, 3.05) is 0 Å². The molecule has 0 heterocycles. The van der Waals surface area contributed by atoms with Crippen molar-refractivity contribution in [3.63, 3.8) is 0 Å². The number of aromatic hydroxyl groups is 1. The maximum absolute atomic E-state index is 11.4. The molecule has 0 saturated carbocycles. The van der Waals surface area contributed by atoms with Gasteiger partial charge in [-0.25, -0.2) is 0 Å². The van der Waals surface area contributed by atoms with Crippen molar-refractivity contribution in [2.24, 2.45) is 0 Å². The molecule has 0 aliphatic carbocycles. The molecule has 13 heavy (non-hydrogen) atoms.